The number of aryl methyl sites for hydroxylation is 2. The zero-order valence-corrected chi connectivity index (χ0v) is 16.3. The summed E-state index contributed by atoms with van der Waals surface area (Å²) in [6, 6.07) is 2.18. The number of fused-ring (bicyclic) bond motifs is 1. The number of anilines is 1. The van der Waals surface area contributed by atoms with Crippen LogP contribution in [0.25, 0.3) is 11.2 Å². The van der Waals surface area contributed by atoms with Gasteiger partial charge in [0.15, 0.2) is 17.0 Å². The third-order valence-electron chi connectivity index (χ3n) is 5.57. The van der Waals surface area contributed by atoms with E-state index in [4.69, 9.17) is 19.2 Å². The van der Waals surface area contributed by atoms with Crippen LogP contribution >= 0.6 is 0 Å². The van der Waals surface area contributed by atoms with Crippen molar-refractivity contribution in [1.29, 1.82) is 0 Å². The number of rotatable bonds is 4. The first-order chi connectivity index (χ1) is 13.7. The highest BCUT2D eigenvalue weighted by molar-refractivity contribution is 5.83. The number of nitrogens with zero attached hydrogens (tertiary/aromatic N) is 7. The Kier molecular flexibility index (Phi) is 4.48. The van der Waals surface area contributed by atoms with Crippen LogP contribution in [0.5, 0.6) is 0 Å². The zero-order chi connectivity index (χ0) is 19.1. The van der Waals surface area contributed by atoms with E-state index in [1.54, 1.807) is 0 Å². The lowest BCUT2D eigenvalue weighted by atomic mass is 10.2. The van der Waals surface area contributed by atoms with Gasteiger partial charge in [-0.2, -0.15) is 0 Å². The highest BCUT2D eigenvalue weighted by Gasteiger charge is 2.31. The minimum Gasteiger partial charge on any atom is -0.378 e. The van der Waals surface area contributed by atoms with Crippen molar-refractivity contribution in [3.8, 4) is 0 Å². The first kappa shape index (κ1) is 17.6. The molecule has 1 unspecified atom stereocenters. The Bertz CT molecular complexity index is 976. The number of hydrogen-bond acceptors (Lipinski definition) is 8. The van der Waals surface area contributed by atoms with Crippen LogP contribution in [0.3, 0.4) is 0 Å². The molecule has 0 N–H and O–H groups in total. The maximum absolute atomic E-state index is 5.52. The minimum absolute atomic E-state index is 0.177. The number of aromatic nitrogens is 5. The van der Waals surface area contributed by atoms with Crippen LogP contribution in [0.2, 0.25) is 0 Å². The Morgan fingerprint density at radius 1 is 1.18 bits per heavy atom. The van der Waals surface area contributed by atoms with Crippen LogP contribution in [0, 0.1) is 6.92 Å². The van der Waals surface area contributed by atoms with Gasteiger partial charge in [0.1, 0.15) is 11.6 Å². The topological polar surface area (TPSA) is 85.3 Å². The van der Waals surface area contributed by atoms with E-state index in [1.165, 1.54) is 0 Å². The van der Waals surface area contributed by atoms with Gasteiger partial charge in [0.2, 0.25) is 0 Å². The zero-order valence-electron chi connectivity index (χ0n) is 16.3. The van der Waals surface area contributed by atoms with Crippen LogP contribution in [-0.2, 0) is 18.3 Å². The molecule has 0 bridgehead atoms. The van der Waals surface area contributed by atoms with Crippen molar-refractivity contribution >= 4 is 17.0 Å². The van der Waals surface area contributed by atoms with Crippen molar-refractivity contribution in [2.24, 2.45) is 7.05 Å². The van der Waals surface area contributed by atoms with E-state index in [9.17, 15) is 0 Å². The Balaban J connectivity index is 1.51. The molecule has 148 valence electrons. The summed E-state index contributed by atoms with van der Waals surface area (Å²) in [6.07, 6.45) is 3.99. The summed E-state index contributed by atoms with van der Waals surface area (Å²) in [4.78, 5) is 19.2. The maximum Gasteiger partial charge on any atom is 0.165 e. The Morgan fingerprint density at radius 2 is 2.04 bits per heavy atom. The quantitative estimate of drug-likeness (QED) is 0.675. The third kappa shape index (κ3) is 3.14. The molecule has 2 fully saturated rings. The molecule has 5 rings (SSSR count). The predicted octanol–water partition coefficient (Wildman–Crippen LogP) is 1.83. The maximum atomic E-state index is 5.52. The van der Waals surface area contributed by atoms with Gasteiger partial charge in [0, 0.05) is 32.7 Å². The van der Waals surface area contributed by atoms with Gasteiger partial charge < -0.3 is 18.7 Å². The lowest BCUT2D eigenvalue weighted by molar-refractivity contribution is 0.122. The average molecular weight is 383 g/mol. The van der Waals surface area contributed by atoms with E-state index in [0.29, 0.717) is 13.2 Å². The van der Waals surface area contributed by atoms with Gasteiger partial charge in [-0.25, -0.2) is 15.0 Å². The van der Waals surface area contributed by atoms with E-state index >= 15 is 0 Å². The van der Waals surface area contributed by atoms with E-state index < -0.39 is 0 Å². The molecular formula is C19H25N7O2. The first-order valence-corrected chi connectivity index (χ1v) is 9.87. The molecule has 0 aliphatic carbocycles. The fourth-order valence-electron chi connectivity index (χ4n) is 4.16. The highest BCUT2D eigenvalue weighted by Crippen LogP contribution is 2.34. The number of morpholine rings is 1. The van der Waals surface area contributed by atoms with Crippen molar-refractivity contribution < 1.29 is 9.26 Å². The molecule has 9 heteroatoms. The molecule has 2 saturated heterocycles. The summed E-state index contributed by atoms with van der Waals surface area (Å²) in [5.74, 6) is 2.64. The molecule has 1 atom stereocenters. The molecular weight excluding hydrogens is 358 g/mol. The monoisotopic (exact) mass is 383 g/mol. The molecule has 3 aromatic rings. The molecule has 3 aromatic heterocycles. The van der Waals surface area contributed by atoms with E-state index in [0.717, 1.165) is 73.3 Å². The van der Waals surface area contributed by atoms with Crippen LogP contribution in [0.4, 0.5) is 5.82 Å². The highest BCUT2D eigenvalue weighted by atomic mass is 16.5. The molecule has 0 aromatic carbocycles. The minimum atomic E-state index is 0.177. The molecule has 2 aliphatic rings. The van der Waals surface area contributed by atoms with Gasteiger partial charge in [-0.05, 0) is 26.3 Å². The number of imidazole rings is 1. The van der Waals surface area contributed by atoms with Crippen molar-refractivity contribution in [1.82, 2.24) is 29.6 Å². The third-order valence-corrected chi connectivity index (χ3v) is 5.57. The van der Waals surface area contributed by atoms with Crippen LogP contribution in [0.1, 0.15) is 36.2 Å². The molecule has 0 amide bonds. The molecule has 0 spiro atoms. The van der Waals surface area contributed by atoms with E-state index in [-0.39, 0.29) is 6.04 Å². The van der Waals surface area contributed by atoms with Gasteiger partial charge in [-0.15, -0.1) is 0 Å². The number of likely N-dealkylation sites (tertiary alicyclic amines) is 1. The van der Waals surface area contributed by atoms with E-state index in [2.05, 4.69) is 19.9 Å². The second-order valence-electron chi connectivity index (χ2n) is 7.59. The fourth-order valence-corrected chi connectivity index (χ4v) is 4.16. The average Bonchev–Trinajstić information content (AvgIpc) is 3.43. The SMILES string of the molecule is Cc1cc(CN2CCCC2c2nc(N3CCOCC3)c3ncn(C)c3n2)no1. The fraction of sp³-hybridized carbons (Fsp3) is 0.579. The van der Waals surface area contributed by atoms with Crippen molar-refractivity contribution in [2.45, 2.75) is 32.4 Å². The normalized spacial score (nSPS) is 21.1. The largest absolute Gasteiger partial charge is 0.378 e. The Morgan fingerprint density at radius 3 is 2.82 bits per heavy atom. The number of hydrogen-bond donors (Lipinski definition) is 0. The lowest BCUT2D eigenvalue weighted by Gasteiger charge is -2.29. The van der Waals surface area contributed by atoms with Crippen LogP contribution in [0.15, 0.2) is 16.9 Å². The van der Waals surface area contributed by atoms with Crippen LogP contribution < -0.4 is 4.90 Å². The summed E-state index contributed by atoms with van der Waals surface area (Å²) in [5.41, 5.74) is 2.71. The van der Waals surface area contributed by atoms with Gasteiger partial charge in [-0.3, -0.25) is 4.90 Å². The number of ether oxygens (including phenoxy) is 1. The van der Waals surface area contributed by atoms with Crippen molar-refractivity contribution in [2.75, 3.05) is 37.7 Å². The second kappa shape index (κ2) is 7.14. The Hall–Kier alpha value is -2.52. The van der Waals surface area contributed by atoms with Crippen LogP contribution in [-0.4, -0.2) is 62.4 Å². The lowest BCUT2D eigenvalue weighted by Crippen LogP contribution is -2.37. The molecule has 0 saturated carbocycles. The predicted molar refractivity (Wildman–Crippen MR) is 103 cm³/mol. The van der Waals surface area contributed by atoms with Gasteiger partial charge in [0.25, 0.3) is 0 Å². The van der Waals surface area contributed by atoms with Gasteiger partial charge >= 0.3 is 0 Å². The summed E-state index contributed by atoms with van der Waals surface area (Å²) in [7, 11) is 1.99. The van der Waals surface area contributed by atoms with Gasteiger partial charge in [-0.1, -0.05) is 5.16 Å². The Labute approximate surface area is 163 Å². The molecule has 5 heterocycles. The molecule has 9 nitrogen and oxygen atoms in total. The standard InChI is InChI=1S/C19H25N7O2/c1-13-10-14(23-28-13)11-26-5-3-4-15(26)17-21-18-16(20-12-24(18)2)19(22-17)25-6-8-27-9-7-25/h10,12,15H,3-9,11H2,1-2H3. The first-order valence-electron chi connectivity index (χ1n) is 9.87. The molecule has 2 aliphatic heterocycles. The summed E-state index contributed by atoms with van der Waals surface area (Å²) in [5, 5.41) is 4.16. The molecule has 0 radical (unpaired) electrons. The van der Waals surface area contributed by atoms with Crippen molar-refractivity contribution in [3.05, 3.63) is 29.7 Å². The smallest absolute Gasteiger partial charge is 0.165 e. The summed E-state index contributed by atoms with van der Waals surface area (Å²) in [6.45, 7) is 6.77. The molecule has 28 heavy (non-hydrogen) atoms. The summed E-state index contributed by atoms with van der Waals surface area (Å²) < 4.78 is 12.7. The van der Waals surface area contributed by atoms with Gasteiger partial charge in [0.05, 0.1) is 31.3 Å². The second-order valence-corrected chi connectivity index (χ2v) is 7.59. The summed E-state index contributed by atoms with van der Waals surface area (Å²) >= 11 is 0. The van der Waals surface area contributed by atoms with Crippen molar-refractivity contribution in [3.63, 3.8) is 0 Å². The van der Waals surface area contributed by atoms with E-state index in [1.807, 2.05) is 30.9 Å².